The molecule has 128 valence electrons. The molecule has 0 atom stereocenters. The van der Waals surface area contributed by atoms with E-state index < -0.39 is 0 Å². The fraction of sp³-hybridized carbons (Fsp3) is 0.444. The molecular weight excluding hydrogens is 304 g/mol. The highest BCUT2D eigenvalue weighted by Gasteiger charge is 2.23. The summed E-state index contributed by atoms with van der Waals surface area (Å²) in [7, 11) is 0. The van der Waals surface area contributed by atoms with Crippen molar-refractivity contribution in [2.45, 2.75) is 13.5 Å². The van der Waals surface area contributed by atoms with Crippen molar-refractivity contribution in [2.75, 3.05) is 39.3 Å². The molecule has 0 bridgehead atoms. The summed E-state index contributed by atoms with van der Waals surface area (Å²) in [6, 6.07) is 7.49. The van der Waals surface area contributed by atoms with Crippen LogP contribution in [-0.2, 0) is 6.54 Å². The van der Waals surface area contributed by atoms with Crippen LogP contribution in [0.4, 0.5) is 0 Å². The monoisotopic (exact) mass is 328 g/mol. The largest absolute Gasteiger partial charge is 0.493 e. The number of rotatable bonds is 6. The van der Waals surface area contributed by atoms with Crippen molar-refractivity contribution in [3.05, 3.63) is 48.5 Å². The van der Waals surface area contributed by atoms with Crippen LogP contribution in [0.5, 0.6) is 5.75 Å². The standard InChI is InChI=1S/C18H24N4O2/c1-2-24-17-6-4-3-5-16(17)18(23)22-13-11-20(12-14-22)9-10-21-8-7-19-15-21/h3-8,15H,2,9-14H2,1H3. The number of carbonyl (C=O) groups excluding carboxylic acids is 1. The lowest BCUT2D eigenvalue weighted by molar-refractivity contribution is 0.0629. The molecule has 1 aliphatic heterocycles. The highest BCUT2D eigenvalue weighted by Crippen LogP contribution is 2.20. The van der Waals surface area contributed by atoms with Gasteiger partial charge in [-0.2, -0.15) is 0 Å². The first kappa shape index (κ1) is 16.5. The molecule has 6 heteroatoms. The maximum atomic E-state index is 12.8. The van der Waals surface area contributed by atoms with Gasteiger partial charge >= 0.3 is 0 Å². The predicted molar refractivity (Wildman–Crippen MR) is 92.2 cm³/mol. The lowest BCUT2D eigenvalue weighted by atomic mass is 10.1. The zero-order chi connectivity index (χ0) is 16.8. The smallest absolute Gasteiger partial charge is 0.257 e. The van der Waals surface area contributed by atoms with Crippen molar-refractivity contribution in [1.82, 2.24) is 19.4 Å². The van der Waals surface area contributed by atoms with E-state index >= 15 is 0 Å². The van der Waals surface area contributed by atoms with Crippen LogP contribution < -0.4 is 4.74 Å². The highest BCUT2D eigenvalue weighted by atomic mass is 16.5. The van der Waals surface area contributed by atoms with E-state index in [-0.39, 0.29) is 5.91 Å². The van der Waals surface area contributed by atoms with E-state index in [9.17, 15) is 4.79 Å². The number of ether oxygens (including phenoxy) is 1. The molecule has 1 aliphatic rings. The minimum Gasteiger partial charge on any atom is -0.493 e. The van der Waals surface area contributed by atoms with Gasteiger partial charge < -0.3 is 14.2 Å². The molecule has 2 heterocycles. The lowest BCUT2D eigenvalue weighted by Crippen LogP contribution is -2.49. The average molecular weight is 328 g/mol. The van der Waals surface area contributed by atoms with Crippen LogP contribution in [-0.4, -0.2) is 64.6 Å². The van der Waals surface area contributed by atoms with Gasteiger partial charge in [-0.25, -0.2) is 4.98 Å². The quantitative estimate of drug-likeness (QED) is 0.810. The van der Waals surface area contributed by atoms with E-state index in [1.165, 1.54) is 0 Å². The third-order valence-electron chi connectivity index (χ3n) is 4.31. The van der Waals surface area contributed by atoms with Gasteiger partial charge in [-0.3, -0.25) is 9.69 Å². The van der Waals surface area contributed by atoms with E-state index in [4.69, 9.17) is 4.74 Å². The van der Waals surface area contributed by atoms with Gasteiger partial charge in [-0.15, -0.1) is 0 Å². The minimum atomic E-state index is 0.0632. The number of para-hydroxylation sites is 1. The summed E-state index contributed by atoms with van der Waals surface area (Å²) in [4.78, 5) is 21.1. The summed E-state index contributed by atoms with van der Waals surface area (Å²) < 4.78 is 7.66. The molecule has 1 fully saturated rings. The molecule has 24 heavy (non-hydrogen) atoms. The first-order valence-corrected chi connectivity index (χ1v) is 8.47. The normalized spacial score (nSPS) is 15.5. The predicted octanol–water partition coefficient (Wildman–Crippen LogP) is 1.74. The maximum absolute atomic E-state index is 12.8. The molecule has 1 aromatic carbocycles. The summed E-state index contributed by atoms with van der Waals surface area (Å²) >= 11 is 0. The van der Waals surface area contributed by atoms with Crippen LogP contribution >= 0.6 is 0 Å². The Morgan fingerprint density at radius 3 is 2.67 bits per heavy atom. The summed E-state index contributed by atoms with van der Waals surface area (Å²) in [6.07, 6.45) is 5.61. The Labute approximate surface area is 142 Å². The summed E-state index contributed by atoms with van der Waals surface area (Å²) in [5.74, 6) is 0.737. The molecule has 2 aromatic rings. The van der Waals surface area contributed by atoms with E-state index in [0.29, 0.717) is 17.9 Å². The van der Waals surface area contributed by atoms with Crippen molar-refractivity contribution in [1.29, 1.82) is 0 Å². The number of aromatic nitrogens is 2. The number of hydrogen-bond acceptors (Lipinski definition) is 4. The van der Waals surface area contributed by atoms with Gasteiger partial charge in [0.05, 0.1) is 18.5 Å². The first-order chi connectivity index (χ1) is 11.8. The van der Waals surface area contributed by atoms with E-state index in [0.717, 1.165) is 39.3 Å². The second-order valence-corrected chi connectivity index (χ2v) is 5.86. The Hall–Kier alpha value is -2.34. The Bertz CT molecular complexity index is 649. The Morgan fingerprint density at radius 1 is 1.17 bits per heavy atom. The second-order valence-electron chi connectivity index (χ2n) is 5.86. The summed E-state index contributed by atoms with van der Waals surface area (Å²) in [6.45, 7) is 7.71. The van der Waals surface area contributed by atoms with Gasteiger partial charge in [-0.05, 0) is 19.1 Å². The van der Waals surface area contributed by atoms with Gasteiger partial charge in [0.1, 0.15) is 5.75 Å². The molecule has 0 unspecified atom stereocenters. The Morgan fingerprint density at radius 2 is 1.96 bits per heavy atom. The molecule has 1 amide bonds. The topological polar surface area (TPSA) is 50.6 Å². The van der Waals surface area contributed by atoms with E-state index in [1.54, 1.807) is 6.20 Å². The zero-order valence-electron chi connectivity index (χ0n) is 14.1. The lowest BCUT2D eigenvalue weighted by Gasteiger charge is -2.35. The molecular formula is C18H24N4O2. The van der Waals surface area contributed by atoms with Crippen LogP contribution in [0.25, 0.3) is 0 Å². The minimum absolute atomic E-state index is 0.0632. The molecule has 1 saturated heterocycles. The molecule has 3 rings (SSSR count). The van der Waals surface area contributed by atoms with Gasteiger partial charge in [0.25, 0.3) is 5.91 Å². The molecule has 0 N–H and O–H groups in total. The van der Waals surface area contributed by atoms with Crippen molar-refractivity contribution in [3.8, 4) is 5.75 Å². The molecule has 6 nitrogen and oxygen atoms in total. The Kier molecular flexibility index (Phi) is 5.48. The van der Waals surface area contributed by atoms with E-state index in [2.05, 4.69) is 14.5 Å². The second kappa shape index (κ2) is 7.97. The zero-order valence-corrected chi connectivity index (χ0v) is 14.1. The molecule has 0 spiro atoms. The Balaban J connectivity index is 1.53. The average Bonchev–Trinajstić information content (AvgIpc) is 3.14. The van der Waals surface area contributed by atoms with Crippen LogP contribution in [0.2, 0.25) is 0 Å². The van der Waals surface area contributed by atoms with Crippen LogP contribution in [0.15, 0.2) is 43.0 Å². The third kappa shape index (κ3) is 3.94. The van der Waals surface area contributed by atoms with Crippen molar-refractivity contribution in [3.63, 3.8) is 0 Å². The van der Waals surface area contributed by atoms with Crippen molar-refractivity contribution >= 4 is 5.91 Å². The maximum Gasteiger partial charge on any atom is 0.257 e. The van der Waals surface area contributed by atoms with Crippen LogP contribution in [0.3, 0.4) is 0 Å². The van der Waals surface area contributed by atoms with Gasteiger partial charge in [0, 0.05) is 51.7 Å². The van der Waals surface area contributed by atoms with Crippen LogP contribution in [0, 0.1) is 0 Å². The first-order valence-electron chi connectivity index (χ1n) is 8.47. The molecule has 0 saturated carbocycles. The molecule has 1 aromatic heterocycles. The SMILES string of the molecule is CCOc1ccccc1C(=O)N1CCN(CCn2ccnc2)CC1. The number of piperazine rings is 1. The van der Waals surface area contributed by atoms with E-state index in [1.807, 2.05) is 48.6 Å². The highest BCUT2D eigenvalue weighted by molar-refractivity contribution is 5.97. The van der Waals surface area contributed by atoms with Gasteiger partial charge in [-0.1, -0.05) is 12.1 Å². The molecule has 0 aliphatic carbocycles. The number of amides is 1. The summed E-state index contributed by atoms with van der Waals surface area (Å²) in [5.41, 5.74) is 0.659. The van der Waals surface area contributed by atoms with Crippen molar-refractivity contribution in [2.24, 2.45) is 0 Å². The number of carbonyl (C=O) groups is 1. The molecule has 0 radical (unpaired) electrons. The van der Waals surface area contributed by atoms with Gasteiger partial charge in [0.2, 0.25) is 0 Å². The van der Waals surface area contributed by atoms with Crippen LogP contribution in [0.1, 0.15) is 17.3 Å². The number of benzene rings is 1. The number of hydrogen-bond donors (Lipinski definition) is 0. The number of imidazole rings is 1. The third-order valence-corrected chi connectivity index (χ3v) is 4.31. The summed E-state index contributed by atoms with van der Waals surface area (Å²) in [5, 5.41) is 0. The number of nitrogens with zero attached hydrogens (tertiary/aromatic N) is 4. The van der Waals surface area contributed by atoms with Crippen molar-refractivity contribution < 1.29 is 9.53 Å². The van der Waals surface area contributed by atoms with Gasteiger partial charge in [0.15, 0.2) is 0 Å². The fourth-order valence-electron chi connectivity index (χ4n) is 2.95. The fourth-order valence-corrected chi connectivity index (χ4v) is 2.95.